The first kappa shape index (κ1) is 13.9. The van der Waals surface area contributed by atoms with Crippen molar-refractivity contribution in [2.75, 3.05) is 13.8 Å². The maximum atomic E-state index is 12.4. The minimum absolute atomic E-state index is 0.425. The normalized spacial score (nSPS) is 13.8. The Morgan fingerprint density at radius 2 is 1.93 bits per heavy atom. The van der Waals surface area contributed by atoms with Crippen molar-refractivity contribution in [2.45, 2.75) is 18.7 Å². The molecule has 0 aliphatic heterocycles. The molecule has 0 bridgehead atoms. The summed E-state index contributed by atoms with van der Waals surface area (Å²) in [4.78, 5) is 10.5. The van der Waals surface area contributed by atoms with Gasteiger partial charge in [-0.2, -0.15) is 13.2 Å². The lowest BCUT2D eigenvalue weighted by molar-refractivity contribution is -0.230. The van der Waals surface area contributed by atoms with Crippen LogP contribution in [0.4, 0.5) is 26.7 Å². The van der Waals surface area contributed by atoms with Crippen LogP contribution in [0.25, 0.3) is 0 Å². The molecule has 0 aromatic carbocycles. The maximum absolute atomic E-state index is 12.4. The highest BCUT2D eigenvalue weighted by Crippen LogP contribution is 2.29. The topological polar surface area (TPSA) is 47.6 Å². The highest BCUT2D eigenvalue weighted by atomic mass is 19.3. The van der Waals surface area contributed by atoms with E-state index >= 15 is 0 Å². The minimum Gasteiger partial charge on any atom is -0.408 e. The number of hydrogen-bond donors (Lipinski definition) is 1. The molecule has 0 spiro atoms. The van der Waals surface area contributed by atoms with E-state index in [9.17, 15) is 26.7 Å². The molecule has 9 heteroatoms. The van der Waals surface area contributed by atoms with Gasteiger partial charge in [-0.05, 0) is 0 Å². The fraction of sp³-hybridized carbons (Fsp3) is 0.833. The molecule has 1 unspecified atom stereocenters. The van der Waals surface area contributed by atoms with Crippen LogP contribution in [-0.2, 0) is 9.47 Å². The molecule has 0 saturated heterocycles. The second-order valence-electron chi connectivity index (χ2n) is 2.31. The van der Waals surface area contributed by atoms with Gasteiger partial charge in [-0.25, -0.2) is 13.6 Å². The van der Waals surface area contributed by atoms with Crippen LogP contribution in [0.5, 0.6) is 0 Å². The van der Waals surface area contributed by atoms with Gasteiger partial charge in [0, 0.05) is 7.11 Å². The quantitative estimate of drug-likeness (QED) is 0.582. The van der Waals surface area contributed by atoms with Crippen LogP contribution in [0.15, 0.2) is 0 Å². The Kier molecular flexibility index (Phi) is 5.26. The van der Waals surface area contributed by atoms with Gasteiger partial charge in [0.15, 0.2) is 0 Å². The van der Waals surface area contributed by atoms with Crippen LogP contribution in [0.3, 0.4) is 0 Å². The zero-order valence-corrected chi connectivity index (χ0v) is 7.48. The molecule has 0 fully saturated rings. The van der Waals surface area contributed by atoms with Gasteiger partial charge in [-0.1, -0.05) is 0 Å². The molecule has 0 aliphatic carbocycles. The van der Waals surface area contributed by atoms with Crippen LogP contribution < -0.4 is 5.32 Å². The van der Waals surface area contributed by atoms with E-state index in [0.717, 1.165) is 7.11 Å². The van der Waals surface area contributed by atoms with Gasteiger partial charge in [0.2, 0.25) is 0 Å². The second-order valence-corrected chi connectivity index (χ2v) is 2.31. The van der Waals surface area contributed by atoms with E-state index < -0.39 is 31.5 Å². The number of ether oxygens (including phenoxy) is 2. The predicted molar refractivity (Wildman–Crippen MR) is 37.3 cm³/mol. The van der Waals surface area contributed by atoms with Crippen molar-refractivity contribution in [3.8, 4) is 0 Å². The number of hydrogen-bond acceptors (Lipinski definition) is 3. The number of amides is 1. The van der Waals surface area contributed by atoms with Crippen molar-refractivity contribution in [1.29, 1.82) is 0 Å². The lowest BCUT2D eigenvalue weighted by atomic mass is 10.3. The number of alkyl carbamates (subject to hydrolysis) is 1. The number of methoxy groups -OCH3 is 1. The Morgan fingerprint density at radius 3 is 2.33 bits per heavy atom. The van der Waals surface area contributed by atoms with Gasteiger partial charge in [0.05, 0.1) is 0 Å². The van der Waals surface area contributed by atoms with Crippen LogP contribution in [0.1, 0.15) is 0 Å². The molecule has 1 amide bonds. The first-order chi connectivity index (χ1) is 6.82. The second kappa shape index (κ2) is 5.69. The van der Waals surface area contributed by atoms with Gasteiger partial charge in [-0.15, -0.1) is 0 Å². The fourth-order valence-electron chi connectivity index (χ4n) is 0.444. The van der Waals surface area contributed by atoms with Gasteiger partial charge in [-0.3, -0.25) is 5.32 Å². The molecule has 90 valence electrons. The fourth-order valence-corrected chi connectivity index (χ4v) is 0.444. The Bertz CT molecular complexity index is 213. The van der Waals surface area contributed by atoms with Crippen molar-refractivity contribution in [1.82, 2.24) is 5.32 Å². The SMILES string of the molecule is COCNC(=O)OC(F)C(F)(F)C(F)F. The summed E-state index contributed by atoms with van der Waals surface area (Å²) >= 11 is 0. The summed E-state index contributed by atoms with van der Waals surface area (Å²) in [5, 5.41) is 1.67. The lowest BCUT2D eigenvalue weighted by Crippen LogP contribution is -2.42. The van der Waals surface area contributed by atoms with E-state index in [1.165, 1.54) is 0 Å². The van der Waals surface area contributed by atoms with E-state index in [0.29, 0.717) is 0 Å². The summed E-state index contributed by atoms with van der Waals surface area (Å²) in [5.74, 6) is -5.04. The minimum atomic E-state index is -5.04. The first-order valence-electron chi connectivity index (χ1n) is 3.55. The number of nitrogens with one attached hydrogen (secondary N) is 1. The molecule has 4 nitrogen and oxygen atoms in total. The molecule has 1 N–H and O–H groups in total. The van der Waals surface area contributed by atoms with E-state index in [-0.39, 0.29) is 0 Å². The lowest BCUT2D eigenvalue weighted by Gasteiger charge is -2.19. The Morgan fingerprint density at radius 1 is 1.40 bits per heavy atom. The van der Waals surface area contributed by atoms with Gasteiger partial charge in [0.1, 0.15) is 6.73 Å². The highest BCUT2D eigenvalue weighted by molar-refractivity contribution is 5.67. The third-order valence-electron chi connectivity index (χ3n) is 1.16. The van der Waals surface area contributed by atoms with Crippen molar-refractivity contribution in [2.24, 2.45) is 0 Å². The Balaban J connectivity index is 4.12. The maximum Gasteiger partial charge on any atom is 0.411 e. The Hall–Kier alpha value is -1.12. The number of alkyl halides is 5. The molecular formula is C6H8F5NO3. The standard InChI is InChI=1S/C6H8F5NO3/c1-14-2-12-5(13)15-4(9)6(10,11)3(7)8/h3-4H,2H2,1H3,(H,12,13). The summed E-state index contributed by atoms with van der Waals surface area (Å²) in [6.07, 6.45) is -9.60. The average molecular weight is 237 g/mol. The molecule has 15 heavy (non-hydrogen) atoms. The molecule has 0 aromatic heterocycles. The van der Waals surface area contributed by atoms with Gasteiger partial charge >= 0.3 is 24.8 Å². The average Bonchev–Trinajstić information content (AvgIpc) is 2.14. The van der Waals surface area contributed by atoms with E-state index in [1.807, 2.05) is 0 Å². The molecule has 0 rings (SSSR count). The summed E-state index contributed by atoms with van der Waals surface area (Å²) in [6.45, 7) is -0.425. The summed E-state index contributed by atoms with van der Waals surface area (Å²) < 4.78 is 67.4. The summed E-state index contributed by atoms with van der Waals surface area (Å²) in [5.41, 5.74) is 0. The third-order valence-corrected chi connectivity index (χ3v) is 1.16. The predicted octanol–water partition coefficient (Wildman–Crippen LogP) is 1.51. The van der Waals surface area contributed by atoms with Crippen molar-refractivity contribution >= 4 is 6.09 Å². The Labute approximate surface area is 81.3 Å². The number of carbonyl (C=O) groups is 1. The number of carbonyl (C=O) groups excluding carboxylic acids is 1. The highest BCUT2D eigenvalue weighted by Gasteiger charge is 2.52. The zero-order valence-electron chi connectivity index (χ0n) is 7.48. The molecule has 1 atom stereocenters. The number of halogens is 5. The largest absolute Gasteiger partial charge is 0.411 e. The van der Waals surface area contributed by atoms with E-state index in [2.05, 4.69) is 9.47 Å². The van der Waals surface area contributed by atoms with Gasteiger partial charge in [0.25, 0.3) is 0 Å². The van der Waals surface area contributed by atoms with Crippen molar-refractivity contribution < 1.29 is 36.2 Å². The van der Waals surface area contributed by atoms with Gasteiger partial charge < -0.3 is 9.47 Å². The van der Waals surface area contributed by atoms with E-state index in [4.69, 9.17) is 0 Å². The molecule has 0 saturated carbocycles. The van der Waals surface area contributed by atoms with E-state index in [1.54, 1.807) is 5.32 Å². The molecule has 0 aliphatic rings. The van der Waals surface area contributed by atoms with Crippen molar-refractivity contribution in [3.63, 3.8) is 0 Å². The third kappa shape index (κ3) is 4.28. The number of rotatable bonds is 5. The zero-order chi connectivity index (χ0) is 12.1. The molecule has 0 heterocycles. The van der Waals surface area contributed by atoms with Crippen LogP contribution in [0, 0.1) is 0 Å². The van der Waals surface area contributed by atoms with Crippen LogP contribution in [-0.4, -0.2) is 38.6 Å². The van der Waals surface area contributed by atoms with Crippen LogP contribution >= 0.6 is 0 Å². The smallest absolute Gasteiger partial charge is 0.408 e. The monoisotopic (exact) mass is 237 g/mol. The molecule has 0 aromatic rings. The van der Waals surface area contributed by atoms with Crippen molar-refractivity contribution in [3.05, 3.63) is 0 Å². The summed E-state index contributed by atoms with van der Waals surface area (Å²) in [7, 11) is 1.15. The summed E-state index contributed by atoms with van der Waals surface area (Å²) in [6, 6.07) is 0. The molecule has 0 radical (unpaired) electrons. The molecular weight excluding hydrogens is 229 g/mol. The van der Waals surface area contributed by atoms with Crippen LogP contribution in [0.2, 0.25) is 0 Å². The first-order valence-corrected chi connectivity index (χ1v) is 3.55.